The van der Waals surface area contributed by atoms with Crippen LogP contribution in [0.4, 0.5) is 0 Å². The Morgan fingerprint density at radius 3 is 2.22 bits per heavy atom. The van der Waals surface area contributed by atoms with Crippen molar-refractivity contribution in [3.63, 3.8) is 0 Å². The molecule has 2 rings (SSSR count). The van der Waals surface area contributed by atoms with Crippen molar-refractivity contribution in [3.05, 3.63) is 0 Å². The first kappa shape index (κ1) is 13.4. The second kappa shape index (κ2) is 5.72. The summed E-state index contributed by atoms with van der Waals surface area (Å²) in [5, 5.41) is 0. The van der Waals surface area contributed by atoms with Gasteiger partial charge in [-0.05, 0) is 25.7 Å². The molecule has 0 aromatic rings. The van der Waals surface area contributed by atoms with Gasteiger partial charge in [0.15, 0.2) is 0 Å². The topological polar surface area (TPSA) is 40.6 Å². The van der Waals surface area contributed by atoms with Gasteiger partial charge < -0.3 is 9.80 Å². The van der Waals surface area contributed by atoms with Crippen LogP contribution in [0.1, 0.15) is 39.5 Å². The van der Waals surface area contributed by atoms with E-state index in [9.17, 15) is 9.59 Å². The first-order valence-electron chi connectivity index (χ1n) is 7.17. The Kier molecular flexibility index (Phi) is 4.25. The lowest BCUT2D eigenvalue weighted by molar-refractivity contribution is -0.141. The van der Waals surface area contributed by atoms with Crippen molar-refractivity contribution in [1.82, 2.24) is 9.80 Å². The average molecular weight is 252 g/mol. The first-order chi connectivity index (χ1) is 8.59. The van der Waals surface area contributed by atoms with Crippen LogP contribution in [0.15, 0.2) is 0 Å². The molecule has 1 atom stereocenters. The fraction of sp³-hybridized carbons (Fsp3) is 0.857. The summed E-state index contributed by atoms with van der Waals surface area (Å²) in [4.78, 5) is 28.2. The molecule has 2 aliphatic heterocycles. The third kappa shape index (κ3) is 2.85. The molecule has 0 spiro atoms. The standard InChI is InChI=1S/C14H24N2O2/c1-11(2)13(17)16-9-5-6-12(10-16)14(18)15-7-3-4-8-15/h11-12H,3-10H2,1-2H3/t12-/m0/s1. The minimum Gasteiger partial charge on any atom is -0.342 e. The molecule has 102 valence electrons. The van der Waals surface area contributed by atoms with E-state index < -0.39 is 0 Å². The third-order valence-corrected chi connectivity index (χ3v) is 3.99. The van der Waals surface area contributed by atoms with Gasteiger partial charge in [0.25, 0.3) is 0 Å². The molecule has 0 aromatic heterocycles. The Balaban J connectivity index is 1.93. The van der Waals surface area contributed by atoms with E-state index in [0.717, 1.165) is 45.3 Å². The van der Waals surface area contributed by atoms with Crippen LogP contribution in [-0.4, -0.2) is 47.8 Å². The van der Waals surface area contributed by atoms with Crippen LogP contribution in [0.5, 0.6) is 0 Å². The van der Waals surface area contributed by atoms with E-state index in [2.05, 4.69) is 0 Å². The molecule has 2 fully saturated rings. The van der Waals surface area contributed by atoms with E-state index in [1.807, 2.05) is 23.6 Å². The van der Waals surface area contributed by atoms with Gasteiger partial charge in [0.05, 0.1) is 5.92 Å². The summed E-state index contributed by atoms with van der Waals surface area (Å²) in [6.45, 7) is 7.12. The summed E-state index contributed by atoms with van der Waals surface area (Å²) in [6, 6.07) is 0. The van der Waals surface area contributed by atoms with Crippen LogP contribution in [0, 0.1) is 11.8 Å². The quantitative estimate of drug-likeness (QED) is 0.747. The second-order valence-electron chi connectivity index (χ2n) is 5.81. The van der Waals surface area contributed by atoms with Crippen LogP contribution < -0.4 is 0 Å². The van der Waals surface area contributed by atoms with Gasteiger partial charge in [0.2, 0.25) is 11.8 Å². The molecule has 4 nitrogen and oxygen atoms in total. The number of hydrogen-bond acceptors (Lipinski definition) is 2. The van der Waals surface area contributed by atoms with E-state index in [0.29, 0.717) is 6.54 Å². The van der Waals surface area contributed by atoms with Crippen molar-refractivity contribution in [3.8, 4) is 0 Å². The fourth-order valence-corrected chi connectivity index (χ4v) is 2.94. The molecule has 2 aliphatic rings. The van der Waals surface area contributed by atoms with Gasteiger partial charge in [-0.1, -0.05) is 13.8 Å². The first-order valence-corrected chi connectivity index (χ1v) is 7.17. The number of rotatable bonds is 2. The minimum atomic E-state index is 0.0330. The molecular weight excluding hydrogens is 228 g/mol. The Hall–Kier alpha value is -1.06. The molecule has 4 heteroatoms. The molecule has 0 aliphatic carbocycles. The predicted octanol–water partition coefficient (Wildman–Crippen LogP) is 1.50. The van der Waals surface area contributed by atoms with Gasteiger partial charge in [-0.2, -0.15) is 0 Å². The lowest BCUT2D eigenvalue weighted by Crippen LogP contribution is -2.47. The van der Waals surface area contributed by atoms with E-state index in [4.69, 9.17) is 0 Å². The van der Waals surface area contributed by atoms with Crippen molar-refractivity contribution < 1.29 is 9.59 Å². The highest BCUT2D eigenvalue weighted by molar-refractivity contribution is 5.82. The Morgan fingerprint density at radius 1 is 1.00 bits per heavy atom. The van der Waals surface area contributed by atoms with Crippen LogP contribution in [0.2, 0.25) is 0 Å². The van der Waals surface area contributed by atoms with Crippen molar-refractivity contribution in [2.45, 2.75) is 39.5 Å². The van der Waals surface area contributed by atoms with Gasteiger partial charge in [0.1, 0.15) is 0 Å². The van der Waals surface area contributed by atoms with E-state index in [-0.39, 0.29) is 23.7 Å². The van der Waals surface area contributed by atoms with Crippen molar-refractivity contribution in [2.24, 2.45) is 11.8 Å². The lowest BCUT2D eigenvalue weighted by Gasteiger charge is -2.34. The predicted molar refractivity (Wildman–Crippen MR) is 70.0 cm³/mol. The highest BCUT2D eigenvalue weighted by atomic mass is 16.2. The van der Waals surface area contributed by atoms with Crippen LogP contribution >= 0.6 is 0 Å². The van der Waals surface area contributed by atoms with Crippen LogP contribution in [-0.2, 0) is 9.59 Å². The number of hydrogen-bond donors (Lipinski definition) is 0. The fourth-order valence-electron chi connectivity index (χ4n) is 2.94. The zero-order valence-electron chi connectivity index (χ0n) is 11.5. The van der Waals surface area contributed by atoms with Gasteiger partial charge in [-0.15, -0.1) is 0 Å². The minimum absolute atomic E-state index is 0.0330. The normalized spacial score (nSPS) is 24.7. The largest absolute Gasteiger partial charge is 0.342 e. The molecule has 0 radical (unpaired) electrons. The molecule has 0 saturated carbocycles. The summed E-state index contributed by atoms with van der Waals surface area (Å²) in [7, 11) is 0. The number of piperidine rings is 1. The summed E-state index contributed by atoms with van der Waals surface area (Å²) in [6.07, 6.45) is 4.17. The molecule has 0 aromatic carbocycles. The van der Waals surface area contributed by atoms with Crippen molar-refractivity contribution in [1.29, 1.82) is 0 Å². The van der Waals surface area contributed by atoms with Gasteiger partial charge in [0, 0.05) is 32.1 Å². The highest BCUT2D eigenvalue weighted by Crippen LogP contribution is 2.22. The Labute approximate surface area is 109 Å². The zero-order valence-corrected chi connectivity index (χ0v) is 11.5. The number of amides is 2. The van der Waals surface area contributed by atoms with Gasteiger partial charge in [-0.25, -0.2) is 0 Å². The SMILES string of the molecule is CC(C)C(=O)N1CCC[C@H](C(=O)N2CCCC2)C1. The highest BCUT2D eigenvalue weighted by Gasteiger charge is 2.32. The molecule has 2 amide bonds. The Morgan fingerprint density at radius 2 is 1.61 bits per heavy atom. The number of carbonyl (C=O) groups excluding carboxylic acids is 2. The maximum atomic E-state index is 12.3. The molecule has 0 N–H and O–H groups in total. The monoisotopic (exact) mass is 252 g/mol. The van der Waals surface area contributed by atoms with Gasteiger partial charge in [-0.3, -0.25) is 9.59 Å². The summed E-state index contributed by atoms with van der Waals surface area (Å²) in [5.41, 5.74) is 0. The maximum absolute atomic E-state index is 12.3. The molecule has 2 saturated heterocycles. The number of likely N-dealkylation sites (tertiary alicyclic amines) is 2. The average Bonchev–Trinajstić information content (AvgIpc) is 2.91. The molecule has 18 heavy (non-hydrogen) atoms. The molecule has 0 bridgehead atoms. The molecule has 2 heterocycles. The molecular formula is C14H24N2O2. The maximum Gasteiger partial charge on any atom is 0.227 e. The van der Waals surface area contributed by atoms with E-state index in [1.165, 1.54) is 0 Å². The van der Waals surface area contributed by atoms with E-state index in [1.54, 1.807) is 0 Å². The Bertz CT molecular complexity index is 322. The van der Waals surface area contributed by atoms with Crippen LogP contribution in [0.3, 0.4) is 0 Å². The number of carbonyl (C=O) groups is 2. The van der Waals surface area contributed by atoms with Crippen molar-refractivity contribution >= 4 is 11.8 Å². The van der Waals surface area contributed by atoms with Gasteiger partial charge >= 0.3 is 0 Å². The second-order valence-corrected chi connectivity index (χ2v) is 5.81. The van der Waals surface area contributed by atoms with E-state index >= 15 is 0 Å². The lowest BCUT2D eigenvalue weighted by atomic mass is 9.95. The summed E-state index contributed by atoms with van der Waals surface area (Å²) in [5.74, 6) is 0.535. The summed E-state index contributed by atoms with van der Waals surface area (Å²) < 4.78 is 0. The van der Waals surface area contributed by atoms with Crippen LogP contribution in [0.25, 0.3) is 0 Å². The third-order valence-electron chi connectivity index (χ3n) is 3.99. The smallest absolute Gasteiger partial charge is 0.227 e. The molecule has 0 unspecified atom stereocenters. The zero-order chi connectivity index (χ0) is 13.1. The van der Waals surface area contributed by atoms with Crippen molar-refractivity contribution in [2.75, 3.05) is 26.2 Å². The summed E-state index contributed by atoms with van der Waals surface area (Å²) >= 11 is 0. The number of nitrogens with zero attached hydrogens (tertiary/aromatic N) is 2.